The molecule has 2 heterocycles. The van der Waals surface area contributed by atoms with Crippen LogP contribution >= 0.6 is 0 Å². The summed E-state index contributed by atoms with van der Waals surface area (Å²) in [7, 11) is 1.76. The lowest BCUT2D eigenvalue weighted by Crippen LogP contribution is -2.54. The minimum absolute atomic E-state index is 0.00641. The molecule has 1 aliphatic carbocycles. The molecule has 2 fully saturated rings. The first-order valence-corrected chi connectivity index (χ1v) is 9.77. The normalized spacial score (nSPS) is 20.2. The molecule has 0 aromatic heterocycles. The van der Waals surface area contributed by atoms with Gasteiger partial charge in [-0.3, -0.25) is 9.59 Å². The van der Waals surface area contributed by atoms with Gasteiger partial charge >= 0.3 is 6.03 Å². The average Bonchev–Trinajstić information content (AvgIpc) is 3.29. The average molecular weight is 370 g/mol. The van der Waals surface area contributed by atoms with Crippen LogP contribution in [0.5, 0.6) is 0 Å². The predicted molar refractivity (Wildman–Crippen MR) is 102 cm³/mol. The Balaban J connectivity index is 1.34. The second-order valence-electron chi connectivity index (χ2n) is 7.68. The first-order valence-electron chi connectivity index (χ1n) is 9.77. The number of carbonyl (C=O) groups excluding carboxylic acids is 3. The topological polar surface area (TPSA) is 73.0 Å². The summed E-state index contributed by atoms with van der Waals surface area (Å²) in [5.74, 6) is 0.0205. The van der Waals surface area contributed by atoms with Crippen LogP contribution in [0.3, 0.4) is 0 Å². The monoisotopic (exact) mass is 370 g/mol. The summed E-state index contributed by atoms with van der Waals surface area (Å²) in [6.07, 6.45) is 4.87. The molecule has 1 aromatic carbocycles. The Kier molecular flexibility index (Phi) is 4.76. The van der Waals surface area contributed by atoms with Gasteiger partial charge in [0.05, 0.1) is 6.42 Å². The van der Waals surface area contributed by atoms with Crippen LogP contribution in [0.2, 0.25) is 0 Å². The molecule has 1 saturated carbocycles. The summed E-state index contributed by atoms with van der Waals surface area (Å²) in [5, 5.41) is 3.11. The van der Waals surface area contributed by atoms with Gasteiger partial charge in [0.25, 0.3) is 5.91 Å². The number of carbonyl (C=O) groups is 3. The van der Waals surface area contributed by atoms with Crippen LogP contribution < -0.4 is 10.2 Å². The number of piperazine rings is 1. The highest BCUT2D eigenvalue weighted by Gasteiger charge is 2.29. The molecule has 3 aliphatic rings. The van der Waals surface area contributed by atoms with Gasteiger partial charge in [-0.1, -0.05) is 12.8 Å². The molecule has 27 heavy (non-hydrogen) atoms. The summed E-state index contributed by atoms with van der Waals surface area (Å²) >= 11 is 0. The predicted octanol–water partition coefficient (Wildman–Crippen LogP) is 1.62. The van der Waals surface area contributed by atoms with Gasteiger partial charge in [-0.2, -0.15) is 0 Å². The minimum Gasteiger partial charge on any atom is -0.335 e. The highest BCUT2D eigenvalue weighted by Crippen LogP contribution is 2.28. The maximum absolute atomic E-state index is 12.8. The van der Waals surface area contributed by atoms with Crippen molar-refractivity contribution in [1.29, 1.82) is 0 Å². The van der Waals surface area contributed by atoms with E-state index in [2.05, 4.69) is 5.32 Å². The third-order valence-electron chi connectivity index (χ3n) is 5.94. The Hall–Kier alpha value is -2.57. The number of fused-ring (bicyclic) bond motifs is 1. The van der Waals surface area contributed by atoms with Crippen LogP contribution in [0.15, 0.2) is 18.2 Å². The van der Waals surface area contributed by atoms with E-state index < -0.39 is 0 Å². The van der Waals surface area contributed by atoms with Crippen LogP contribution in [0, 0.1) is 0 Å². The number of anilines is 1. The summed E-state index contributed by atoms with van der Waals surface area (Å²) < 4.78 is 0. The second kappa shape index (κ2) is 7.21. The van der Waals surface area contributed by atoms with Crippen LogP contribution in [-0.2, 0) is 11.2 Å². The van der Waals surface area contributed by atoms with Gasteiger partial charge in [0.1, 0.15) is 0 Å². The summed E-state index contributed by atoms with van der Waals surface area (Å²) in [6, 6.07) is 5.77. The Morgan fingerprint density at radius 1 is 1.04 bits per heavy atom. The van der Waals surface area contributed by atoms with Crippen molar-refractivity contribution in [2.75, 3.05) is 38.1 Å². The Labute approximate surface area is 159 Å². The van der Waals surface area contributed by atoms with Crippen molar-refractivity contribution in [3.05, 3.63) is 29.3 Å². The van der Waals surface area contributed by atoms with Crippen LogP contribution in [0.4, 0.5) is 10.5 Å². The number of likely N-dealkylation sites (N-methyl/N-ethyl adjacent to an activating group) is 1. The Morgan fingerprint density at radius 3 is 2.41 bits per heavy atom. The molecule has 0 bridgehead atoms. The summed E-state index contributed by atoms with van der Waals surface area (Å²) in [4.78, 5) is 42.2. The van der Waals surface area contributed by atoms with E-state index in [9.17, 15) is 14.4 Å². The van der Waals surface area contributed by atoms with Gasteiger partial charge < -0.3 is 20.0 Å². The molecule has 2 aliphatic heterocycles. The number of hydrogen-bond donors (Lipinski definition) is 1. The van der Waals surface area contributed by atoms with Crippen molar-refractivity contribution < 1.29 is 14.4 Å². The molecule has 1 saturated heterocycles. The van der Waals surface area contributed by atoms with E-state index in [1.165, 1.54) is 12.8 Å². The van der Waals surface area contributed by atoms with Crippen molar-refractivity contribution in [3.8, 4) is 0 Å². The lowest BCUT2D eigenvalue weighted by atomic mass is 10.1. The highest BCUT2D eigenvalue weighted by molar-refractivity contribution is 6.03. The standard InChI is InChI=1S/C20H26N4O3/c1-22-17-7-6-14(12-15(17)13-18(22)25)19(26)23-8-10-24(11-9-23)20(27)21-16-4-2-3-5-16/h6-7,12,16H,2-5,8-11,13H2,1H3,(H,21,27). The fourth-order valence-corrected chi connectivity index (χ4v) is 4.23. The molecule has 0 spiro atoms. The van der Waals surface area contributed by atoms with E-state index in [1.807, 2.05) is 12.1 Å². The molecular weight excluding hydrogens is 344 g/mol. The number of hydrogen-bond acceptors (Lipinski definition) is 3. The lowest BCUT2D eigenvalue weighted by Gasteiger charge is -2.35. The van der Waals surface area contributed by atoms with Gasteiger partial charge in [-0.15, -0.1) is 0 Å². The first kappa shape index (κ1) is 17.8. The molecule has 1 aromatic rings. The van der Waals surface area contributed by atoms with Crippen molar-refractivity contribution in [2.45, 2.75) is 38.1 Å². The number of rotatable bonds is 2. The molecule has 0 atom stereocenters. The largest absolute Gasteiger partial charge is 0.335 e. The number of amides is 4. The van der Waals surface area contributed by atoms with E-state index in [0.29, 0.717) is 44.2 Å². The van der Waals surface area contributed by atoms with E-state index in [1.54, 1.807) is 27.8 Å². The van der Waals surface area contributed by atoms with Crippen molar-refractivity contribution in [3.63, 3.8) is 0 Å². The maximum Gasteiger partial charge on any atom is 0.317 e. The highest BCUT2D eigenvalue weighted by atomic mass is 16.2. The van der Waals surface area contributed by atoms with Crippen molar-refractivity contribution in [1.82, 2.24) is 15.1 Å². The molecule has 4 amide bonds. The molecular formula is C20H26N4O3. The number of benzene rings is 1. The van der Waals surface area contributed by atoms with Gasteiger partial charge in [0, 0.05) is 50.5 Å². The van der Waals surface area contributed by atoms with Gasteiger partial charge in [-0.05, 0) is 36.6 Å². The zero-order valence-electron chi connectivity index (χ0n) is 15.7. The second-order valence-corrected chi connectivity index (χ2v) is 7.68. The fourth-order valence-electron chi connectivity index (χ4n) is 4.23. The van der Waals surface area contributed by atoms with Gasteiger partial charge in [0.15, 0.2) is 0 Å². The van der Waals surface area contributed by atoms with Gasteiger partial charge in [-0.25, -0.2) is 4.79 Å². The summed E-state index contributed by atoms with van der Waals surface area (Å²) in [5.41, 5.74) is 2.40. The molecule has 7 nitrogen and oxygen atoms in total. The van der Waals surface area contributed by atoms with Crippen LogP contribution in [0.25, 0.3) is 0 Å². The van der Waals surface area contributed by atoms with Crippen LogP contribution in [-0.4, -0.2) is 66.9 Å². The summed E-state index contributed by atoms with van der Waals surface area (Å²) in [6.45, 7) is 2.17. The van der Waals surface area contributed by atoms with E-state index in [4.69, 9.17) is 0 Å². The van der Waals surface area contributed by atoms with E-state index >= 15 is 0 Å². The molecule has 4 rings (SSSR count). The Bertz CT molecular complexity index is 764. The quantitative estimate of drug-likeness (QED) is 0.860. The number of nitrogens with zero attached hydrogens (tertiary/aromatic N) is 3. The number of nitrogens with one attached hydrogen (secondary N) is 1. The zero-order valence-corrected chi connectivity index (χ0v) is 15.7. The Morgan fingerprint density at radius 2 is 1.70 bits per heavy atom. The maximum atomic E-state index is 12.8. The smallest absolute Gasteiger partial charge is 0.317 e. The fraction of sp³-hybridized carbons (Fsp3) is 0.550. The molecule has 0 radical (unpaired) electrons. The number of urea groups is 1. The minimum atomic E-state index is -0.0318. The van der Waals surface area contributed by atoms with Gasteiger partial charge in [0.2, 0.25) is 5.91 Å². The zero-order chi connectivity index (χ0) is 19.0. The lowest BCUT2D eigenvalue weighted by molar-refractivity contribution is -0.117. The molecule has 0 unspecified atom stereocenters. The van der Waals surface area contributed by atoms with Crippen LogP contribution in [0.1, 0.15) is 41.6 Å². The van der Waals surface area contributed by atoms with Crippen molar-refractivity contribution in [2.24, 2.45) is 0 Å². The van der Waals surface area contributed by atoms with E-state index in [0.717, 1.165) is 24.1 Å². The SMILES string of the molecule is CN1C(=O)Cc2cc(C(=O)N3CCN(C(=O)NC4CCCC4)CC3)ccc21. The molecule has 7 heteroatoms. The third-order valence-corrected chi connectivity index (χ3v) is 5.94. The molecule has 144 valence electrons. The molecule has 1 N–H and O–H groups in total. The first-order chi connectivity index (χ1) is 13.0. The van der Waals surface area contributed by atoms with Crippen molar-refractivity contribution >= 4 is 23.5 Å². The third kappa shape index (κ3) is 3.50. The van der Waals surface area contributed by atoms with E-state index in [-0.39, 0.29) is 17.8 Å².